The highest BCUT2D eigenvalue weighted by Gasteiger charge is 2.11. The van der Waals surface area contributed by atoms with E-state index in [4.69, 9.17) is 0 Å². The number of hydrogen-bond donors (Lipinski definition) is 1. The molecule has 26 heavy (non-hydrogen) atoms. The molecule has 1 N–H and O–H groups in total. The van der Waals surface area contributed by atoms with Gasteiger partial charge in [0.25, 0.3) is 5.91 Å². The Bertz CT molecular complexity index is 994. The largest absolute Gasteiger partial charge is 0.333 e. The van der Waals surface area contributed by atoms with Crippen molar-refractivity contribution in [2.75, 3.05) is 5.32 Å². The Kier molecular flexibility index (Phi) is 4.53. The lowest BCUT2D eigenvalue weighted by atomic mass is 10.1. The monoisotopic (exact) mass is 361 g/mol. The van der Waals surface area contributed by atoms with Gasteiger partial charge in [0, 0.05) is 41.6 Å². The zero-order valence-corrected chi connectivity index (χ0v) is 14.6. The van der Waals surface area contributed by atoms with Gasteiger partial charge in [0.15, 0.2) is 5.82 Å². The van der Waals surface area contributed by atoms with Gasteiger partial charge in [-0.3, -0.25) is 10.1 Å². The van der Waals surface area contributed by atoms with Crippen LogP contribution in [0.15, 0.2) is 73.3 Å². The third-order valence-electron chi connectivity index (χ3n) is 3.82. The van der Waals surface area contributed by atoms with Crippen molar-refractivity contribution in [1.82, 2.24) is 18.9 Å². The number of carbonyl (C=O) groups is 1. The number of imidazole rings is 1. The molecule has 2 aromatic heterocycles. The van der Waals surface area contributed by atoms with Gasteiger partial charge in [-0.05, 0) is 17.7 Å². The van der Waals surface area contributed by atoms with Crippen LogP contribution in [0.2, 0.25) is 0 Å². The molecule has 0 aliphatic carbocycles. The molecule has 1 amide bonds. The topological polar surface area (TPSA) is 72.7 Å². The average molecular weight is 361 g/mol. The van der Waals surface area contributed by atoms with E-state index in [1.54, 1.807) is 24.7 Å². The minimum absolute atomic E-state index is 0.199. The van der Waals surface area contributed by atoms with Gasteiger partial charge in [0.2, 0.25) is 5.13 Å². The third-order valence-corrected chi connectivity index (χ3v) is 4.45. The lowest BCUT2D eigenvalue weighted by Gasteiger charge is -2.05. The molecule has 0 atom stereocenters. The average Bonchev–Trinajstić information content (AvgIpc) is 3.35. The summed E-state index contributed by atoms with van der Waals surface area (Å²) in [5.41, 5.74) is 2.60. The van der Waals surface area contributed by atoms with Crippen LogP contribution < -0.4 is 5.32 Å². The van der Waals surface area contributed by atoms with E-state index in [1.165, 1.54) is 11.5 Å². The smallest absolute Gasteiger partial charge is 0.257 e. The maximum Gasteiger partial charge on any atom is 0.257 e. The lowest BCUT2D eigenvalue weighted by molar-refractivity contribution is 0.102. The molecule has 0 spiro atoms. The Morgan fingerprint density at radius 3 is 2.62 bits per heavy atom. The predicted octanol–water partition coefficient (Wildman–Crippen LogP) is 3.70. The number of amides is 1. The standard InChI is InChI=1S/C19H15N5OS/c25-18(16-8-6-14(7-9-16)12-24-11-10-20-13-24)22-19-21-17(23-26-19)15-4-2-1-3-5-15/h1-11,13H,12H2,(H,21,22,23,25). The van der Waals surface area contributed by atoms with E-state index in [0.29, 0.717) is 16.5 Å². The fourth-order valence-corrected chi connectivity index (χ4v) is 3.09. The molecule has 4 aromatic rings. The van der Waals surface area contributed by atoms with Crippen molar-refractivity contribution >= 4 is 22.6 Å². The molecule has 2 aromatic carbocycles. The van der Waals surface area contributed by atoms with Gasteiger partial charge >= 0.3 is 0 Å². The van der Waals surface area contributed by atoms with Gasteiger partial charge in [0.05, 0.1) is 6.33 Å². The zero-order valence-electron chi connectivity index (χ0n) is 13.7. The van der Waals surface area contributed by atoms with Gasteiger partial charge in [-0.15, -0.1) is 0 Å². The second kappa shape index (κ2) is 7.28. The van der Waals surface area contributed by atoms with Crippen molar-refractivity contribution in [2.45, 2.75) is 6.54 Å². The van der Waals surface area contributed by atoms with Crippen LogP contribution >= 0.6 is 11.5 Å². The van der Waals surface area contributed by atoms with E-state index in [2.05, 4.69) is 19.7 Å². The summed E-state index contributed by atoms with van der Waals surface area (Å²) in [4.78, 5) is 20.8. The molecule has 0 saturated heterocycles. The van der Waals surface area contributed by atoms with Gasteiger partial charge in [-0.1, -0.05) is 42.5 Å². The van der Waals surface area contributed by atoms with Gasteiger partial charge in [0.1, 0.15) is 0 Å². The quantitative estimate of drug-likeness (QED) is 0.588. The normalized spacial score (nSPS) is 10.6. The highest BCUT2D eigenvalue weighted by molar-refractivity contribution is 7.10. The van der Waals surface area contributed by atoms with Crippen molar-refractivity contribution < 1.29 is 4.79 Å². The van der Waals surface area contributed by atoms with Crippen molar-refractivity contribution in [3.05, 3.63) is 84.4 Å². The van der Waals surface area contributed by atoms with Crippen LogP contribution in [0.5, 0.6) is 0 Å². The molecule has 0 fully saturated rings. The van der Waals surface area contributed by atoms with Crippen LogP contribution in [0.1, 0.15) is 15.9 Å². The van der Waals surface area contributed by atoms with E-state index >= 15 is 0 Å². The van der Waals surface area contributed by atoms with Crippen LogP contribution in [0.25, 0.3) is 11.4 Å². The summed E-state index contributed by atoms with van der Waals surface area (Å²) < 4.78 is 6.27. The third kappa shape index (κ3) is 3.68. The predicted molar refractivity (Wildman–Crippen MR) is 101 cm³/mol. The van der Waals surface area contributed by atoms with E-state index < -0.39 is 0 Å². The number of aromatic nitrogens is 4. The molecule has 2 heterocycles. The lowest BCUT2D eigenvalue weighted by Crippen LogP contribution is -2.11. The molecule has 128 valence electrons. The number of benzene rings is 2. The van der Waals surface area contributed by atoms with Crippen LogP contribution in [0.4, 0.5) is 5.13 Å². The summed E-state index contributed by atoms with van der Waals surface area (Å²) in [6.07, 6.45) is 5.41. The molecule has 0 aliphatic rings. The Hall–Kier alpha value is -3.32. The fraction of sp³-hybridized carbons (Fsp3) is 0.0526. The first-order valence-corrected chi connectivity index (χ1v) is 8.80. The summed E-state index contributed by atoms with van der Waals surface area (Å²) in [5.74, 6) is 0.413. The van der Waals surface area contributed by atoms with Gasteiger partial charge in [-0.2, -0.15) is 9.36 Å². The first-order chi connectivity index (χ1) is 12.8. The molecule has 0 bridgehead atoms. The Balaban J connectivity index is 1.42. The van der Waals surface area contributed by atoms with E-state index in [1.807, 2.05) is 53.2 Å². The summed E-state index contributed by atoms with van der Waals surface area (Å²) >= 11 is 1.17. The van der Waals surface area contributed by atoms with Gasteiger partial charge < -0.3 is 4.57 Å². The fourth-order valence-electron chi connectivity index (χ4n) is 2.50. The summed E-state index contributed by atoms with van der Waals surface area (Å²) in [5, 5.41) is 3.29. The van der Waals surface area contributed by atoms with Crippen molar-refractivity contribution in [3.8, 4) is 11.4 Å². The second-order valence-corrected chi connectivity index (χ2v) is 6.43. The maximum atomic E-state index is 12.4. The second-order valence-electron chi connectivity index (χ2n) is 5.68. The summed E-state index contributed by atoms with van der Waals surface area (Å²) in [6, 6.07) is 17.2. The molecule has 0 aliphatic heterocycles. The van der Waals surface area contributed by atoms with Crippen LogP contribution in [-0.2, 0) is 6.54 Å². The Morgan fingerprint density at radius 2 is 1.88 bits per heavy atom. The first kappa shape index (κ1) is 16.2. The summed E-state index contributed by atoms with van der Waals surface area (Å²) in [7, 11) is 0. The highest BCUT2D eigenvalue weighted by Crippen LogP contribution is 2.21. The molecule has 0 unspecified atom stereocenters. The molecular formula is C19H15N5OS. The van der Waals surface area contributed by atoms with Crippen LogP contribution in [0, 0.1) is 0 Å². The SMILES string of the molecule is O=C(Nc1nc(-c2ccccc2)ns1)c1ccc(Cn2ccnc2)cc1. The molecule has 0 radical (unpaired) electrons. The molecule has 7 heteroatoms. The number of nitrogens with one attached hydrogen (secondary N) is 1. The number of nitrogens with zero attached hydrogens (tertiary/aromatic N) is 4. The number of rotatable bonds is 5. The first-order valence-electron chi connectivity index (χ1n) is 8.03. The Morgan fingerprint density at radius 1 is 1.08 bits per heavy atom. The van der Waals surface area contributed by atoms with E-state index in [9.17, 15) is 4.79 Å². The number of hydrogen-bond acceptors (Lipinski definition) is 5. The van der Waals surface area contributed by atoms with E-state index in [0.717, 1.165) is 17.7 Å². The molecule has 0 saturated carbocycles. The maximum absolute atomic E-state index is 12.4. The minimum Gasteiger partial charge on any atom is -0.333 e. The van der Waals surface area contributed by atoms with E-state index in [-0.39, 0.29) is 5.91 Å². The highest BCUT2D eigenvalue weighted by atomic mass is 32.1. The van der Waals surface area contributed by atoms with Crippen molar-refractivity contribution in [2.24, 2.45) is 0 Å². The van der Waals surface area contributed by atoms with Crippen LogP contribution in [-0.4, -0.2) is 24.8 Å². The minimum atomic E-state index is -0.199. The summed E-state index contributed by atoms with van der Waals surface area (Å²) in [6.45, 7) is 0.721. The number of carbonyl (C=O) groups excluding carboxylic acids is 1. The van der Waals surface area contributed by atoms with Crippen molar-refractivity contribution in [3.63, 3.8) is 0 Å². The van der Waals surface area contributed by atoms with Crippen LogP contribution in [0.3, 0.4) is 0 Å². The van der Waals surface area contributed by atoms with Crippen molar-refractivity contribution in [1.29, 1.82) is 0 Å². The molecule has 6 nitrogen and oxygen atoms in total. The zero-order chi connectivity index (χ0) is 17.8. The number of anilines is 1. The Labute approximate surface area is 154 Å². The molecule has 4 rings (SSSR count). The molecular weight excluding hydrogens is 346 g/mol. The van der Waals surface area contributed by atoms with Gasteiger partial charge in [-0.25, -0.2) is 4.98 Å².